The van der Waals surface area contributed by atoms with E-state index < -0.39 is 0 Å². The standard InChI is InChI=1S/C20H17FN6/c21-16-7-3-6-14(10-16)19-23-18-11-17(24-20(22)27(18)25-19)26-9-8-13-4-1-2-5-15(13)12-26/h1-7,10-11H,8-9,12H2,(H2,22,24). The number of halogens is 1. The second kappa shape index (κ2) is 6.05. The molecular weight excluding hydrogens is 343 g/mol. The molecule has 7 heteroatoms. The number of rotatable bonds is 2. The quantitative estimate of drug-likeness (QED) is 0.595. The minimum absolute atomic E-state index is 0.261. The third-order valence-corrected chi connectivity index (χ3v) is 4.87. The largest absolute Gasteiger partial charge is 0.368 e. The van der Waals surface area contributed by atoms with Gasteiger partial charge in [-0.05, 0) is 29.7 Å². The highest BCUT2D eigenvalue weighted by molar-refractivity contribution is 5.62. The van der Waals surface area contributed by atoms with E-state index in [1.54, 1.807) is 12.1 Å². The van der Waals surface area contributed by atoms with Crippen molar-refractivity contribution in [2.24, 2.45) is 0 Å². The van der Waals surface area contributed by atoms with Crippen LogP contribution in [-0.4, -0.2) is 26.1 Å². The van der Waals surface area contributed by atoms with Crippen molar-refractivity contribution in [2.45, 2.75) is 13.0 Å². The summed E-state index contributed by atoms with van der Waals surface area (Å²) in [6, 6.07) is 16.5. The number of benzene rings is 2. The summed E-state index contributed by atoms with van der Waals surface area (Å²) in [6.45, 7) is 1.65. The summed E-state index contributed by atoms with van der Waals surface area (Å²) in [5.41, 5.74) is 10.00. The molecule has 3 heterocycles. The Labute approximate surface area is 155 Å². The Balaban J connectivity index is 1.54. The maximum absolute atomic E-state index is 13.5. The van der Waals surface area contributed by atoms with Crippen molar-refractivity contribution in [2.75, 3.05) is 17.2 Å². The SMILES string of the molecule is Nc1nc(N2CCc3ccccc3C2)cc2nc(-c3cccc(F)c3)nn12. The highest BCUT2D eigenvalue weighted by atomic mass is 19.1. The van der Waals surface area contributed by atoms with Crippen LogP contribution in [0.2, 0.25) is 0 Å². The fourth-order valence-electron chi connectivity index (χ4n) is 3.50. The average Bonchev–Trinajstić information content (AvgIpc) is 3.12. The van der Waals surface area contributed by atoms with Crippen LogP contribution in [0.3, 0.4) is 0 Å². The van der Waals surface area contributed by atoms with Crippen LogP contribution in [0.25, 0.3) is 17.0 Å². The first-order valence-corrected chi connectivity index (χ1v) is 8.78. The van der Waals surface area contributed by atoms with Gasteiger partial charge in [0.15, 0.2) is 11.5 Å². The van der Waals surface area contributed by atoms with E-state index in [0.717, 1.165) is 25.3 Å². The third kappa shape index (κ3) is 2.77. The minimum Gasteiger partial charge on any atom is -0.368 e. The first-order valence-electron chi connectivity index (χ1n) is 8.78. The molecule has 0 bridgehead atoms. The van der Waals surface area contributed by atoms with Crippen LogP contribution >= 0.6 is 0 Å². The van der Waals surface area contributed by atoms with Crippen LogP contribution in [-0.2, 0) is 13.0 Å². The Morgan fingerprint density at radius 1 is 0.963 bits per heavy atom. The van der Waals surface area contributed by atoms with Gasteiger partial charge >= 0.3 is 0 Å². The number of hydrogen-bond acceptors (Lipinski definition) is 5. The second-order valence-electron chi connectivity index (χ2n) is 6.63. The molecule has 5 rings (SSSR count). The summed E-state index contributed by atoms with van der Waals surface area (Å²) < 4.78 is 15.0. The van der Waals surface area contributed by atoms with Crippen LogP contribution in [0.5, 0.6) is 0 Å². The lowest BCUT2D eigenvalue weighted by atomic mass is 10.00. The predicted molar refractivity (Wildman–Crippen MR) is 102 cm³/mol. The zero-order valence-electron chi connectivity index (χ0n) is 14.5. The molecule has 0 unspecified atom stereocenters. The molecular formula is C20H17FN6. The van der Waals surface area contributed by atoms with Crippen molar-refractivity contribution in [3.05, 3.63) is 71.5 Å². The van der Waals surface area contributed by atoms with Gasteiger partial charge in [0.25, 0.3) is 0 Å². The summed E-state index contributed by atoms with van der Waals surface area (Å²) >= 11 is 0. The molecule has 0 fully saturated rings. The monoisotopic (exact) mass is 360 g/mol. The Morgan fingerprint density at radius 3 is 2.67 bits per heavy atom. The molecule has 1 aliphatic heterocycles. The van der Waals surface area contributed by atoms with Gasteiger partial charge < -0.3 is 10.6 Å². The van der Waals surface area contributed by atoms with E-state index >= 15 is 0 Å². The molecule has 0 atom stereocenters. The molecule has 27 heavy (non-hydrogen) atoms. The van der Waals surface area contributed by atoms with E-state index in [9.17, 15) is 4.39 Å². The number of anilines is 2. The molecule has 0 spiro atoms. The third-order valence-electron chi connectivity index (χ3n) is 4.87. The fourth-order valence-corrected chi connectivity index (χ4v) is 3.50. The highest BCUT2D eigenvalue weighted by Crippen LogP contribution is 2.26. The Bertz CT molecular complexity index is 1150. The summed E-state index contributed by atoms with van der Waals surface area (Å²) in [7, 11) is 0. The number of nitrogens with zero attached hydrogens (tertiary/aromatic N) is 5. The molecule has 0 saturated carbocycles. The maximum Gasteiger partial charge on any atom is 0.225 e. The zero-order valence-corrected chi connectivity index (χ0v) is 14.5. The van der Waals surface area contributed by atoms with Gasteiger partial charge in [0, 0.05) is 24.7 Å². The van der Waals surface area contributed by atoms with E-state index in [-0.39, 0.29) is 11.8 Å². The van der Waals surface area contributed by atoms with Crippen molar-refractivity contribution in [1.29, 1.82) is 0 Å². The summed E-state index contributed by atoms with van der Waals surface area (Å²) in [4.78, 5) is 11.2. The van der Waals surface area contributed by atoms with Crippen molar-refractivity contribution in [3.8, 4) is 11.4 Å². The van der Waals surface area contributed by atoms with E-state index in [1.165, 1.54) is 27.8 Å². The van der Waals surface area contributed by atoms with Crippen LogP contribution in [0, 0.1) is 5.82 Å². The molecule has 0 amide bonds. The van der Waals surface area contributed by atoms with Crippen LogP contribution in [0.1, 0.15) is 11.1 Å². The van der Waals surface area contributed by atoms with Gasteiger partial charge in [-0.3, -0.25) is 0 Å². The topological polar surface area (TPSA) is 72.3 Å². The molecule has 4 aromatic rings. The van der Waals surface area contributed by atoms with E-state index in [0.29, 0.717) is 17.0 Å². The summed E-state index contributed by atoms with van der Waals surface area (Å²) in [5, 5.41) is 4.38. The number of nitrogen functional groups attached to an aromatic ring is 1. The minimum atomic E-state index is -0.329. The van der Waals surface area contributed by atoms with Gasteiger partial charge in [0.05, 0.1) is 0 Å². The fraction of sp³-hybridized carbons (Fsp3) is 0.150. The van der Waals surface area contributed by atoms with E-state index in [1.807, 2.05) is 6.07 Å². The van der Waals surface area contributed by atoms with Crippen LogP contribution in [0.15, 0.2) is 54.6 Å². The molecule has 0 saturated heterocycles. The maximum atomic E-state index is 13.5. The van der Waals surface area contributed by atoms with Crippen molar-refractivity contribution < 1.29 is 4.39 Å². The smallest absolute Gasteiger partial charge is 0.225 e. The molecule has 1 aliphatic rings. The first-order chi connectivity index (χ1) is 13.2. The highest BCUT2D eigenvalue weighted by Gasteiger charge is 2.19. The first kappa shape index (κ1) is 15.7. The van der Waals surface area contributed by atoms with Crippen molar-refractivity contribution in [3.63, 3.8) is 0 Å². The number of fused-ring (bicyclic) bond motifs is 2. The van der Waals surface area contributed by atoms with Crippen LogP contribution < -0.4 is 10.6 Å². The normalized spacial score (nSPS) is 13.7. The lowest BCUT2D eigenvalue weighted by Crippen LogP contribution is -2.31. The molecule has 0 radical (unpaired) electrons. The Hall–Kier alpha value is -3.48. The lowest BCUT2D eigenvalue weighted by Gasteiger charge is -2.29. The van der Waals surface area contributed by atoms with Crippen molar-refractivity contribution in [1.82, 2.24) is 19.6 Å². The van der Waals surface area contributed by atoms with Gasteiger partial charge in [0.1, 0.15) is 11.6 Å². The lowest BCUT2D eigenvalue weighted by molar-refractivity contribution is 0.628. The molecule has 2 N–H and O–H groups in total. The van der Waals surface area contributed by atoms with Gasteiger partial charge in [-0.25, -0.2) is 9.37 Å². The molecule has 2 aromatic heterocycles. The Morgan fingerprint density at radius 2 is 1.81 bits per heavy atom. The van der Waals surface area contributed by atoms with Crippen LogP contribution in [0.4, 0.5) is 16.2 Å². The molecule has 0 aliphatic carbocycles. The number of nitrogens with two attached hydrogens (primary N) is 1. The zero-order chi connectivity index (χ0) is 18.4. The van der Waals surface area contributed by atoms with Gasteiger partial charge in [-0.2, -0.15) is 9.50 Å². The number of aromatic nitrogens is 4. The molecule has 6 nitrogen and oxygen atoms in total. The number of hydrogen-bond donors (Lipinski definition) is 1. The summed E-state index contributed by atoms with van der Waals surface area (Å²) in [5.74, 6) is 1.12. The predicted octanol–water partition coefficient (Wildman–Crippen LogP) is 3.08. The van der Waals surface area contributed by atoms with E-state index in [2.05, 4.69) is 44.2 Å². The summed E-state index contributed by atoms with van der Waals surface area (Å²) in [6.07, 6.45) is 0.962. The van der Waals surface area contributed by atoms with E-state index in [4.69, 9.17) is 5.73 Å². The Kier molecular flexibility index (Phi) is 3.53. The van der Waals surface area contributed by atoms with Gasteiger partial charge in [0.2, 0.25) is 5.95 Å². The second-order valence-corrected chi connectivity index (χ2v) is 6.63. The van der Waals surface area contributed by atoms with Crippen molar-refractivity contribution >= 4 is 17.4 Å². The van der Waals surface area contributed by atoms with Gasteiger partial charge in [-0.15, -0.1) is 5.10 Å². The van der Waals surface area contributed by atoms with Gasteiger partial charge in [-0.1, -0.05) is 36.4 Å². The molecule has 134 valence electrons. The average molecular weight is 360 g/mol. The molecule has 2 aromatic carbocycles.